The molecule has 0 atom stereocenters. The fourth-order valence-electron chi connectivity index (χ4n) is 3.03. The molecule has 6 nitrogen and oxygen atoms in total. The first-order valence-corrected chi connectivity index (χ1v) is 9.88. The zero-order valence-corrected chi connectivity index (χ0v) is 17.3. The Morgan fingerprint density at radius 1 is 1.25 bits per heavy atom. The summed E-state index contributed by atoms with van der Waals surface area (Å²) in [6.45, 7) is 3.76. The van der Waals surface area contributed by atoms with Crippen LogP contribution in [0, 0.1) is 11.6 Å². The Bertz CT molecular complexity index is 989. The van der Waals surface area contributed by atoms with E-state index in [1.165, 1.54) is 12.5 Å². The molecular formula is C20H19ClF5N3O3. The molecule has 0 radical (unpaired) electrons. The number of carbonyl (C=O) groups is 1. The predicted octanol–water partition coefficient (Wildman–Crippen LogP) is 4.59. The molecule has 0 spiro atoms. The summed E-state index contributed by atoms with van der Waals surface area (Å²) in [5.74, 6) is -1.96. The Kier molecular flexibility index (Phi) is 7.52. The molecule has 174 valence electrons. The summed E-state index contributed by atoms with van der Waals surface area (Å²) in [6, 6.07) is 1.83. The van der Waals surface area contributed by atoms with Gasteiger partial charge < -0.3 is 14.6 Å². The van der Waals surface area contributed by atoms with Crippen molar-refractivity contribution < 1.29 is 36.2 Å². The number of halogens is 6. The smallest absolute Gasteiger partial charge is 0.368 e. The summed E-state index contributed by atoms with van der Waals surface area (Å²) in [6.07, 6.45) is -2.71. The highest BCUT2D eigenvalue weighted by Crippen LogP contribution is 2.32. The largest absolute Gasteiger partial charge is 0.522 e. The van der Waals surface area contributed by atoms with E-state index in [1.807, 2.05) is 0 Å². The molecular weight excluding hydrogens is 461 g/mol. The maximum atomic E-state index is 14.0. The van der Waals surface area contributed by atoms with E-state index < -0.39 is 36.1 Å². The highest BCUT2D eigenvalue weighted by atomic mass is 35.5. The third-order valence-electron chi connectivity index (χ3n) is 4.71. The third kappa shape index (κ3) is 6.75. The second-order valence-electron chi connectivity index (χ2n) is 7.23. The van der Waals surface area contributed by atoms with Crippen LogP contribution in [0.1, 0.15) is 19.3 Å². The Morgan fingerprint density at radius 3 is 2.66 bits per heavy atom. The van der Waals surface area contributed by atoms with Crippen molar-refractivity contribution >= 4 is 17.5 Å². The van der Waals surface area contributed by atoms with E-state index in [1.54, 1.807) is 4.57 Å². The van der Waals surface area contributed by atoms with Crippen molar-refractivity contribution in [2.24, 2.45) is 0 Å². The highest BCUT2D eigenvalue weighted by Gasteiger charge is 2.40. The molecule has 1 fully saturated rings. The summed E-state index contributed by atoms with van der Waals surface area (Å²) in [7, 11) is 0. The normalized spacial score (nSPS) is 18.3. The van der Waals surface area contributed by atoms with E-state index in [4.69, 9.17) is 16.3 Å². The molecule has 3 rings (SSSR count). The standard InChI is InChI=1S/C20H19ClF5N3O3/c1-11(28-19(30)9-31-12-4-13(5-12)32-20(24,25)26)2-3-29-8-18(27-10-29)14-6-17(23)15(21)7-16(14)22/h6-8,10,12-13H,1-5,9H2,(H,28,30)/t12-,13+. The van der Waals surface area contributed by atoms with Gasteiger partial charge in [0, 0.05) is 43.3 Å². The van der Waals surface area contributed by atoms with Crippen molar-refractivity contribution in [2.75, 3.05) is 6.61 Å². The summed E-state index contributed by atoms with van der Waals surface area (Å²) in [5, 5.41) is 2.21. The number of hydrogen-bond donors (Lipinski definition) is 1. The van der Waals surface area contributed by atoms with Crippen LogP contribution >= 0.6 is 11.6 Å². The molecule has 1 N–H and O–H groups in total. The van der Waals surface area contributed by atoms with Gasteiger partial charge in [-0.25, -0.2) is 13.8 Å². The van der Waals surface area contributed by atoms with E-state index in [0.717, 1.165) is 12.1 Å². The van der Waals surface area contributed by atoms with Crippen molar-refractivity contribution in [1.82, 2.24) is 14.9 Å². The fraction of sp³-hybridized carbons (Fsp3) is 0.400. The summed E-state index contributed by atoms with van der Waals surface area (Å²) < 4.78 is 74.5. The van der Waals surface area contributed by atoms with Crippen LogP contribution in [-0.2, 0) is 20.8 Å². The summed E-state index contributed by atoms with van der Waals surface area (Å²) in [5.41, 5.74) is 0.563. The van der Waals surface area contributed by atoms with Crippen LogP contribution < -0.4 is 5.32 Å². The number of allylic oxidation sites excluding steroid dienone is 1. The minimum atomic E-state index is -4.68. The maximum absolute atomic E-state index is 14.0. The molecule has 0 saturated heterocycles. The number of ether oxygens (including phenoxy) is 2. The fourth-order valence-corrected chi connectivity index (χ4v) is 3.18. The minimum Gasteiger partial charge on any atom is -0.368 e. The molecule has 1 amide bonds. The van der Waals surface area contributed by atoms with Crippen molar-refractivity contribution in [1.29, 1.82) is 0 Å². The topological polar surface area (TPSA) is 65.4 Å². The van der Waals surface area contributed by atoms with Gasteiger partial charge in [0.15, 0.2) is 0 Å². The van der Waals surface area contributed by atoms with Crippen LogP contribution in [0.3, 0.4) is 0 Å². The van der Waals surface area contributed by atoms with Crippen LogP contribution in [-0.4, -0.2) is 40.6 Å². The molecule has 1 aliphatic carbocycles. The number of hydrogen-bond acceptors (Lipinski definition) is 4. The lowest BCUT2D eigenvalue weighted by Crippen LogP contribution is -2.42. The average molecular weight is 480 g/mol. The Labute approximate surface area is 185 Å². The van der Waals surface area contributed by atoms with Gasteiger partial charge in [-0.1, -0.05) is 18.2 Å². The zero-order chi connectivity index (χ0) is 23.5. The first kappa shape index (κ1) is 24.1. The van der Waals surface area contributed by atoms with E-state index >= 15 is 0 Å². The summed E-state index contributed by atoms with van der Waals surface area (Å²) in [4.78, 5) is 15.9. The number of benzene rings is 1. The number of aromatic nitrogens is 2. The van der Waals surface area contributed by atoms with Crippen molar-refractivity contribution in [3.05, 3.63) is 53.6 Å². The van der Waals surface area contributed by atoms with Crippen molar-refractivity contribution in [2.45, 2.75) is 44.4 Å². The Hall–Kier alpha value is -2.50. The highest BCUT2D eigenvalue weighted by molar-refractivity contribution is 6.30. The number of rotatable bonds is 9. The Balaban J connectivity index is 1.38. The number of amides is 1. The summed E-state index contributed by atoms with van der Waals surface area (Å²) >= 11 is 5.55. The van der Waals surface area contributed by atoms with E-state index in [-0.39, 0.29) is 35.7 Å². The molecule has 1 saturated carbocycles. The van der Waals surface area contributed by atoms with Crippen LogP contribution in [0.25, 0.3) is 11.3 Å². The number of nitrogens with zero attached hydrogens (tertiary/aromatic N) is 2. The number of alkyl halides is 3. The second-order valence-corrected chi connectivity index (χ2v) is 7.64. The van der Waals surface area contributed by atoms with Gasteiger partial charge in [0.05, 0.1) is 29.3 Å². The van der Waals surface area contributed by atoms with Crippen molar-refractivity contribution in [3.63, 3.8) is 0 Å². The van der Waals surface area contributed by atoms with Crippen molar-refractivity contribution in [3.8, 4) is 11.3 Å². The minimum absolute atomic E-state index is 0.0335. The molecule has 12 heteroatoms. The van der Waals surface area contributed by atoms with Crippen LogP contribution in [0.2, 0.25) is 5.02 Å². The van der Waals surface area contributed by atoms with E-state index in [0.29, 0.717) is 18.7 Å². The van der Waals surface area contributed by atoms with Gasteiger partial charge >= 0.3 is 6.36 Å². The van der Waals surface area contributed by atoms with Gasteiger partial charge in [0.25, 0.3) is 0 Å². The zero-order valence-electron chi connectivity index (χ0n) is 16.6. The van der Waals surface area contributed by atoms with Crippen LogP contribution in [0.4, 0.5) is 22.0 Å². The van der Waals surface area contributed by atoms with Gasteiger partial charge in [0.1, 0.15) is 18.2 Å². The number of imidazole rings is 1. The van der Waals surface area contributed by atoms with E-state index in [9.17, 15) is 26.7 Å². The second kappa shape index (κ2) is 9.97. The van der Waals surface area contributed by atoms with Crippen LogP contribution in [0.15, 0.2) is 36.9 Å². The van der Waals surface area contributed by atoms with Crippen LogP contribution in [0.5, 0.6) is 0 Å². The molecule has 0 bridgehead atoms. The Morgan fingerprint density at radius 2 is 1.97 bits per heavy atom. The number of carbonyl (C=O) groups excluding carboxylic acids is 1. The van der Waals surface area contributed by atoms with Gasteiger partial charge in [-0.05, 0) is 12.1 Å². The van der Waals surface area contributed by atoms with E-state index in [2.05, 4.69) is 21.6 Å². The molecule has 0 aliphatic heterocycles. The third-order valence-corrected chi connectivity index (χ3v) is 5.00. The maximum Gasteiger partial charge on any atom is 0.522 e. The molecule has 1 aromatic heterocycles. The quantitative estimate of drug-likeness (QED) is 0.422. The van der Waals surface area contributed by atoms with Gasteiger partial charge in [0.2, 0.25) is 5.91 Å². The molecule has 2 aromatic rings. The van der Waals surface area contributed by atoms with Gasteiger partial charge in [-0.3, -0.25) is 9.53 Å². The lowest BCUT2D eigenvalue weighted by molar-refractivity contribution is -0.357. The first-order chi connectivity index (χ1) is 15.0. The predicted molar refractivity (Wildman–Crippen MR) is 104 cm³/mol. The molecule has 1 heterocycles. The molecule has 32 heavy (non-hydrogen) atoms. The van der Waals surface area contributed by atoms with Gasteiger partial charge in [-0.2, -0.15) is 0 Å². The van der Waals surface area contributed by atoms with Gasteiger partial charge in [-0.15, -0.1) is 13.2 Å². The number of aryl methyl sites for hydroxylation is 1. The molecule has 0 unspecified atom stereocenters. The molecule has 1 aromatic carbocycles. The SMILES string of the molecule is C=C(CCn1cnc(-c2cc(F)c(Cl)cc2F)c1)NC(=O)CO[C@H]1C[C@@H](OC(F)(F)F)C1. The molecule has 1 aliphatic rings. The number of nitrogens with one attached hydrogen (secondary N) is 1. The lowest BCUT2D eigenvalue weighted by Gasteiger charge is -2.34. The first-order valence-electron chi connectivity index (χ1n) is 9.50. The average Bonchev–Trinajstić information content (AvgIpc) is 3.12. The lowest BCUT2D eigenvalue weighted by atomic mass is 9.92. The monoisotopic (exact) mass is 479 g/mol.